The minimum absolute atomic E-state index is 0.111. The molecule has 0 aromatic heterocycles. The molecule has 90 valence electrons. The van der Waals surface area contributed by atoms with Crippen molar-refractivity contribution in [3.63, 3.8) is 0 Å². The fourth-order valence-corrected chi connectivity index (χ4v) is 1.67. The molecule has 0 saturated carbocycles. The van der Waals surface area contributed by atoms with E-state index in [1.54, 1.807) is 18.2 Å². The molecule has 0 saturated heterocycles. The molecule has 5 heteroatoms. The second-order valence-corrected chi connectivity index (χ2v) is 4.26. The van der Waals surface area contributed by atoms with Gasteiger partial charge in [0.25, 0.3) is 0 Å². The highest BCUT2D eigenvalue weighted by Gasteiger charge is 2.04. The molecule has 1 aromatic carbocycles. The number of hydrogen-bond acceptors (Lipinski definition) is 3. The van der Waals surface area contributed by atoms with Gasteiger partial charge in [0, 0.05) is 11.4 Å². The molecular weight excluding hydrogens is 238 g/mol. The number of anilines is 1. The second-order valence-electron chi connectivity index (χ2n) is 3.23. The molecule has 1 rings (SSSR count). The third-order valence-corrected chi connectivity index (χ3v) is 2.82. The highest BCUT2D eigenvalue weighted by Crippen LogP contribution is 2.10. The summed E-state index contributed by atoms with van der Waals surface area (Å²) < 4.78 is 0. The van der Waals surface area contributed by atoms with Crippen molar-refractivity contribution in [1.29, 1.82) is 0 Å². The number of carboxylic acids is 1. The zero-order chi connectivity index (χ0) is 12.7. The maximum absolute atomic E-state index is 11.4. The fraction of sp³-hybridized carbons (Fsp3) is 0.167. The Hall–Kier alpha value is -1.75. The predicted molar refractivity (Wildman–Crippen MR) is 69.6 cm³/mol. The first-order valence-corrected chi connectivity index (χ1v) is 6.11. The molecule has 17 heavy (non-hydrogen) atoms. The van der Waals surface area contributed by atoms with Gasteiger partial charge >= 0.3 is 5.97 Å². The predicted octanol–water partition coefficient (Wildman–Crippen LogP) is 2.24. The normalized spacial score (nSPS) is 9.65. The van der Waals surface area contributed by atoms with Crippen molar-refractivity contribution in [3.05, 3.63) is 42.5 Å². The van der Waals surface area contributed by atoms with E-state index in [0.29, 0.717) is 11.4 Å². The van der Waals surface area contributed by atoms with Gasteiger partial charge in [-0.05, 0) is 24.3 Å². The third-order valence-electron chi connectivity index (χ3n) is 1.88. The van der Waals surface area contributed by atoms with E-state index in [0.717, 1.165) is 5.75 Å². The maximum Gasteiger partial charge on any atom is 0.335 e. The second kappa shape index (κ2) is 6.75. The van der Waals surface area contributed by atoms with Gasteiger partial charge in [-0.2, -0.15) is 0 Å². The number of thioether (sulfide) groups is 1. The van der Waals surface area contributed by atoms with Gasteiger partial charge in [0.1, 0.15) is 0 Å². The van der Waals surface area contributed by atoms with Crippen LogP contribution in [-0.4, -0.2) is 28.5 Å². The van der Waals surface area contributed by atoms with E-state index in [-0.39, 0.29) is 11.5 Å². The largest absolute Gasteiger partial charge is 0.478 e. The summed E-state index contributed by atoms with van der Waals surface area (Å²) in [6, 6.07) is 6.04. The van der Waals surface area contributed by atoms with Crippen molar-refractivity contribution < 1.29 is 14.7 Å². The minimum atomic E-state index is -0.982. The van der Waals surface area contributed by atoms with E-state index in [1.165, 1.54) is 23.9 Å². The van der Waals surface area contributed by atoms with Crippen molar-refractivity contribution in [1.82, 2.24) is 0 Å². The summed E-state index contributed by atoms with van der Waals surface area (Å²) in [5.41, 5.74) is 0.795. The van der Waals surface area contributed by atoms with Gasteiger partial charge in [-0.3, -0.25) is 4.79 Å². The first-order valence-electron chi connectivity index (χ1n) is 4.95. The zero-order valence-corrected chi connectivity index (χ0v) is 10.00. The number of carbonyl (C=O) groups excluding carboxylic acids is 1. The monoisotopic (exact) mass is 251 g/mol. The summed E-state index contributed by atoms with van der Waals surface area (Å²) >= 11 is 1.46. The van der Waals surface area contributed by atoms with Crippen LogP contribution in [0.3, 0.4) is 0 Å². The SMILES string of the molecule is C=CCSCC(=O)Nc1ccc(C(=O)O)cc1. The van der Waals surface area contributed by atoms with Crippen LogP contribution in [0.2, 0.25) is 0 Å². The van der Waals surface area contributed by atoms with Gasteiger partial charge in [0.15, 0.2) is 0 Å². The summed E-state index contributed by atoms with van der Waals surface area (Å²) in [6.45, 7) is 3.56. The van der Waals surface area contributed by atoms with Crippen LogP contribution in [0, 0.1) is 0 Å². The smallest absolute Gasteiger partial charge is 0.335 e. The maximum atomic E-state index is 11.4. The molecule has 1 aromatic rings. The molecule has 0 heterocycles. The molecular formula is C12H13NO3S. The van der Waals surface area contributed by atoms with Crippen LogP contribution >= 0.6 is 11.8 Å². The summed E-state index contributed by atoms with van der Waals surface area (Å²) in [5.74, 6) is -0.0118. The minimum Gasteiger partial charge on any atom is -0.478 e. The van der Waals surface area contributed by atoms with Gasteiger partial charge in [-0.25, -0.2) is 4.79 Å². The van der Waals surface area contributed by atoms with Crippen LogP contribution in [-0.2, 0) is 4.79 Å². The number of amides is 1. The summed E-state index contributed by atoms with van der Waals surface area (Å²) in [7, 11) is 0. The Bertz CT molecular complexity index is 414. The molecule has 0 radical (unpaired) electrons. The van der Waals surface area contributed by atoms with Gasteiger partial charge in [0.2, 0.25) is 5.91 Å². The van der Waals surface area contributed by atoms with E-state index < -0.39 is 5.97 Å². The lowest BCUT2D eigenvalue weighted by atomic mass is 10.2. The molecule has 0 aliphatic carbocycles. The number of nitrogens with one attached hydrogen (secondary N) is 1. The molecule has 0 aliphatic heterocycles. The highest BCUT2D eigenvalue weighted by atomic mass is 32.2. The number of carbonyl (C=O) groups is 2. The van der Waals surface area contributed by atoms with Crippen molar-refractivity contribution in [3.8, 4) is 0 Å². The molecule has 0 bridgehead atoms. The summed E-state index contributed by atoms with van der Waals surface area (Å²) in [6.07, 6.45) is 1.74. The Morgan fingerprint density at radius 1 is 1.35 bits per heavy atom. The number of benzene rings is 1. The Labute approximate surface area is 104 Å². The zero-order valence-electron chi connectivity index (χ0n) is 9.18. The quantitative estimate of drug-likeness (QED) is 0.601. The van der Waals surface area contributed by atoms with Crippen molar-refractivity contribution in [2.75, 3.05) is 16.8 Å². The lowest BCUT2D eigenvalue weighted by molar-refractivity contribution is -0.113. The third kappa shape index (κ3) is 4.74. The van der Waals surface area contributed by atoms with E-state index in [4.69, 9.17) is 5.11 Å². The van der Waals surface area contributed by atoms with Crippen LogP contribution in [0.25, 0.3) is 0 Å². The Kier molecular flexibility index (Phi) is 5.29. The number of aromatic carboxylic acids is 1. The van der Waals surface area contributed by atoms with Gasteiger partial charge in [-0.1, -0.05) is 6.08 Å². The molecule has 0 unspecified atom stereocenters. The Morgan fingerprint density at radius 2 is 2.00 bits per heavy atom. The Balaban J connectivity index is 2.48. The average Bonchev–Trinajstić information content (AvgIpc) is 2.30. The first-order chi connectivity index (χ1) is 8.13. The van der Waals surface area contributed by atoms with Crippen LogP contribution in [0.5, 0.6) is 0 Å². The average molecular weight is 251 g/mol. The molecule has 0 atom stereocenters. The van der Waals surface area contributed by atoms with E-state index in [9.17, 15) is 9.59 Å². The topological polar surface area (TPSA) is 66.4 Å². The lowest BCUT2D eigenvalue weighted by Crippen LogP contribution is -2.14. The van der Waals surface area contributed by atoms with Gasteiger partial charge < -0.3 is 10.4 Å². The van der Waals surface area contributed by atoms with Crippen molar-refractivity contribution in [2.24, 2.45) is 0 Å². The molecule has 1 amide bonds. The molecule has 0 aliphatic rings. The summed E-state index contributed by atoms with van der Waals surface area (Å²) in [5, 5.41) is 11.4. The van der Waals surface area contributed by atoms with Gasteiger partial charge in [-0.15, -0.1) is 18.3 Å². The Morgan fingerprint density at radius 3 is 2.53 bits per heavy atom. The number of carboxylic acid groups (broad SMARTS) is 1. The van der Waals surface area contributed by atoms with Gasteiger partial charge in [0.05, 0.1) is 11.3 Å². The lowest BCUT2D eigenvalue weighted by Gasteiger charge is -2.04. The highest BCUT2D eigenvalue weighted by molar-refractivity contribution is 8.00. The van der Waals surface area contributed by atoms with Crippen LogP contribution in [0.4, 0.5) is 5.69 Å². The first kappa shape index (κ1) is 13.3. The fourth-order valence-electron chi connectivity index (χ4n) is 1.13. The standard InChI is InChI=1S/C12H13NO3S/c1-2-7-17-8-11(14)13-10-5-3-9(4-6-10)12(15)16/h2-6H,1,7-8H2,(H,13,14)(H,15,16). The van der Waals surface area contributed by atoms with Crippen LogP contribution in [0.15, 0.2) is 36.9 Å². The number of hydrogen-bond donors (Lipinski definition) is 2. The van der Waals surface area contributed by atoms with E-state index in [2.05, 4.69) is 11.9 Å². The van der Waals surface area contributed by atoms with E-state index in [1.807, 2.05) is 0 Å². The number of rotatable bonds is 6. The van der Waals surface area contributed by atoms with Crippen molar-refractivity contribution >= 4 is 29.3 Å². The molecule has 0 spiro atoms. The molecule has 0 fully saturated rings. The van der Waals surface area contributed by atoms with Crippen LogP contribution in [0.1, 0.15) is 10.4 Å². The molecule has 4 nitrogen and oxygen atoms in total. The summed E-state index contributed by atoms with van der Waals surface area (Å²) in [4.78, 5) is 22.0. The molecule has 2 N–H and O–H groups in total. The van der Waals surface area contributed by atoms with E-state index >= 15 is 0 Å². The van der Waals surface area contributed by atoms with Crippen molar-refractivity contribution in [2.45, 2.75) is 0 Å². The van der Waals surface area contributed by atoms with Crippen LogP contribution < -0.4 is 5.32 Å².